The van der Waals surface area contributed by atoms with Crippen LogP contribution in [0.1, 0.15) is 31.2 Å². The molecule has 0 saturated heterocycles. The molecule has 3 rings (SSSR count). The zero-order valence-electron chi connectivity index (χ0n) is 10.4. The maximum Gasteiger partial charge on any atom is 0.101 e. The predicted molar refractivity (Wildman–Crippen MR) is 76.5 cm³/mol. The number of benzene rings is 1. The van der Waals surface area contributed by atoms with E-state index in [1.54, 1.807) is 0 Å². The molecule has 3 heteroatoms. The van der Waals surface area contributed by atoms with Gasteiger partial charge in [0.05, 0.1) is 11.3 Å². The molecule has 0 N–H and O–H groups in total. The fourth-order valence-electron chi connectivity index (χ4n) is 2.37. The fourth-order valence-corrected chi connectivity index (χ4v) is 2.73. The van der Waals surface area contributed by atoms with Crippen molar-refractivity contribution in [2.45, 2.75) is 25.7 Å². The Morgan fingerprint density at radius 2 is 1.78 bits per heavy atom. The van der Waals surface area contributed by atoms with E-state index in [0.717, 1.165) is 40.6 Å². The van der Waals surface area contributed by atoms with Crippen molar-refractivity contribution in [1.82, 2.24) is 0 Å². The van der Waals surface area contributed by atoms with Crippen LogP contribution in [0.2, 0.25) is 0 Å². The van der Waals surface area contributed by atoms with Crippen LogP contribution in [0.25, 0.3) is 0 Å². The third-order valence-electron chi connectivity index (χ3n) is 3.77. The summed E-state index contributed by atoms with van der Waals surface area (Å²) in [5, 5.41) is 9.29. The third kappa shape index (κ3) is 2.87. The lowest BCUT2D eigenvalue weighted by Gasteiger charge is -2.26. The van der Waals surface area contributed by atoms with Crippen LogP contribution in [0.15, 0.2) is 22.7 Å². The first kappa shape index (κ1) is 12.0. The van der Waals surface area contributed by atoms with Gasteiger partial charge >= 0.3 is 0 Å². The van der Waals surface area contributed by atoms with E-state index >= 15 is 0 Å². The van der Waals surface area contributed by atoms with Crippen LogP contribution < -0.4 is 4.90 Å². The lowest BCUT2D eigenvalue weighted by Crippen LogP contribution is -2.28. The maximum absolute atomic E-state index is 9.29. The molecule has 94 valence electrons. The van der Waals surface area contributed by atoms with Gasteiger partial charge in [-0.2, -0.15) is 5.26 Å². The molecule has 0 spiro atoms. The summed E-state index contributed by atoms with van der Waals surface area (Å²) in [5.41, 5.74) is 1.92. The highest BCUT2D eigenvalue weighted by Gasteiger charge is 2.30. The Kier molecular flexibility index (Phi) is 3.30. The van der Waals surface area contributed by atoms with Gasteiger partial charge < -0.3 is 4.90 Å². The molecular formula is C15H17BrN2. The smallest absolute Gasteiger partial charge is 0.101 e. The average Bonchev–Trinajstić information content (AvgIpc) is 3.23. The first-order chi connectivity index (χ1) is 8.76. The summed E-state index contributed by atoms with van der Waals surface area (Å²) in [5.74, 6) is 1.72. The summed E-state index contributed by atoms with van der Waals surface area (Å²) in [7, 11) is 0. The van der Waals surface area contributed by atoms with E-state index in [0.29, 0.717) is 0 Å². The summed E-state index contributed by atoms with van der Waals surface area (Å²) >= 11 is 3.44. The summed E-state index contributed by atoms with van der Waals surface area (Å²) < 4.78 is 0.987. The molecule has 1 aromatic carbocycles. The first-order valence-electron chi connectivity index (χ1n) is 6.71. The second-order valence-electron chi connectivity index (χ2n) is 5.57. The van der Waals surface area contributed by atoms with Crippen LogP contribution in [0, 0.1) is 23.2 Å². The Morgan fingerprint density at radius 3 is 2.28 bits per heavy atom. The Hall–Kier alpha value is -1.01. The highest BCUT2D eigenvalue weighted by molar-refractivity contribution is 9.10. The van der Waals surface area contributed by atoms with E-state index in [1.165, 1.54) is 25.7 Å². The van der Waals surface area contributed by atoms with Gasteiger partial charge in [-0.1, -0.05) is 15.9 Å². The molecule has 0 atom stereocenters. The molecule has 2 fully saturated rings. The molecule has 2 aliphatic rings. The molecule has 2 saturated carbocycles. The highest BCUT2D eigenvalue weighted by atomic mass is 79.9. The van der Waals surface area contributed by atoms with Gasteiger partial charge in [0.2, 0.25) is 0 Å². The number of nitrogens with zero attached hydrogens (tertiary/aromatic N) is 2. The minimum atomic E-state index is 0.797. The van der Waals surface area contributed by atoms with Crippen molar-refractivity contribution in [3.8, 4) is 6.07 Å². The van der Waals surface area contributed by atoms with E-state index < -0.39 is 0 Å². The van der Waals surface area contributed by atoms with E-state index in [-0.39, 0.29) is 0 Å². The largest absolute Gasteiger partial charge is 0.370 e. The van der Waals surface area contributed by atoms with Gasteiger partial charge in [0.25, 0.3) is 0 Å². The van der Waals surface area contributed by atoms with Gasteiger partial charge in [0.15, 0.2) is 0 Å². The summed E-state index contributed by atoms with van der Waals surface area (Å²) in [6.45, 7) is 2.26. The van der Waals surface area contributed by atoms with Crippen molar-refractivity contribution in [2.75, 3.05) is 18.0 Å². The molecule has 0 bridgehead atoms. The molecule has 0 unspecified atom stereocenters. The van der Waals surface area contributed by atoms with Gasteiger partial charge in [0, 0.05) is 17.6 Å². The van der Waals surface area contributed by atoms with Gasteiger partial charge in [-0.15, -0.1) is 0 Å². The van der Waals surface area contributed by atoms with Crippen LogP contribution in [0.3, 0.4) is 0 Å². The van der Waals surface area contributed by atoms with Crippen LogP contribution in [-0.2, 0) is 0 Å². The molecule has 0 radical (unpaired) electrons. The number of halogens is 1. The lowest BCUT2D eigenvalue weighted by atomic mass is 10.1. The predicted octanol–water partition coefficient (Wildman–Crippen LogP) is 3.95. The standard InChI is InChI=1S/C15H17BrN2/c16-14-5-6-15(13(7-14)8-17)18(9-11-1-2-11)10-12-3-4-12/h5-7,11-12H,1-4,9-10H2. The molecular weight excluding hydrogens is 288 g/mol. The Bertz CT molecular complexity index is 470. The Morgan fingerprint density at radius 1 is 1.17 bits per heavy atom. The zero-order chi connectivity index (χ0) is 12.5. The second-order valence-corrected chi connectivity index (χ2v) is 6.48. The molecule has 2 nitrogen and oxygen atoms in total. The van der Waals surface area contributed by atoms with E-state index in [2.05, 4.69) is 33.0 Å². The fraction of sp³-hybridized carbons (Fsp3) is 0.533. The van der Waals surface area contributed by atoms with Crippen LogP contribution in [-0.4, -0.2) is 13.1 Å². The monoisotopic (exact) mass is 304 g/mol. The maximum atomic E-state index is 9.29. The minimum absolute atomic E-state index is 0.797. The number of nitriles is 1. The molecule has 1 aromatic rings. The topological polar surface area (TPSA) is 27.0 Å². The number of anilines is 1. The van der Waals surface area contributed by atoms with Crippen LogP contribution in [0.4, 0.5) is 5.69 Å². The average molecular weight is 305 g/mol. The molecule has 0 heterocycles. The van der Waals surface area contributed by atoms with E-state index in [9.17, 15) is 5.26 Å². The summed E-state index contributed by atoms with van der Waals surface area (Å²) in [6.07, 6.45) is 5.44. The first-order valence-corrected chi connectivity index (χ1v) is 7.50. The third-order valence-corrected chi connectivity index (χ3v) is 4.26. The van der Waals surface area contributed by atoms with Gasteiger partial charge in [-0.25, -0.2) is 0 Å². The lowest BCUT2D eigenvalue weighted by molar-refractivity contribution is 0.679. The number of hydrogen-bond donors (Lipinski definition) is 0. The van der Waals surface area contributed by atoms with Crippen molar-refractivity contribution in [2.24, 2.45) is 11.8 Å². The number of rotatable bonds is 5. The molecule has 0 aromatic heterocycles. The van der Waals surface area contributed by atoms with Gasteiger partial charge in [0.1, 0.15) is 6.07 Å². The second kappa shape index (κ2) is 4.93. The van der Waals surface area contributed by atoms with Crippen molar-refractivity contribution in [3.05, 3.63) is 28.2 Å². The van der Waals surface area contributed by atoms with Crippen LogP contribution >= 0.6 is 15.9 Å². The molecule has 18 heavy (non-hydrogen) atoms. The summed E-state index contributed by atoms with van der Waals surface area (Å²) in [4.78, 5) is 2.44. The zero-order valence-corrected chi connectivity index (χ0v) is 12.0. The van der Waals surface area contributed by atoms with E-state index in [1.807, 2.05) is 12.1 Å². The van der Waals surface area contributed by atoms with Crippen molar-refractivity contribution >= 4 is 21.6 Å². The Labute approximate surface area is 117 Å². The highest BCUT2D eigenvalue weighted by Crippen LogP contribution is 2.37. The van der Waals surface area contributed by atoms with Gasteiger partial charge in [-0.3, -0.25) is 0 Å². The van der Waals surface area contributed by atoms with Crippen molar-refractivity contribution in [3.63, 3.8) is 0 Å². The SMILES string of the molecule is N#Cc1cc(Br)ccc1N(CC1CC1)CC1CC1. The van der Waals surface area contributed by atoms with E-state index in [4.69, 9.17) is 0 Å². The quantitative estimate of drug-likeness (QED) is 0.823. The number of hydrogen-bond acceptors (Lipinski definition) is 2. The normalized spacial score (nSPS) is 18.4. The van der Waals surface area contributed by atoms with Crippen molar-refractivity contribution < 1.29 is 0 Å². The molecule has 2 aliphatic carbocycles. The minimum Gasteiger partial charge on any atom is -0.370 e. The molecule has 0 aliphatic heterocycles. The van der Waals surface area contributed by atoms with Crippen molar-refractivity contribution in [1.29, 1.82) is 5.26 Å². The van der Waals surface area contributed by atoms with Gasteiger partial charge in [-0.05, 0) is 55.7 Å². The van der Waals surface area contributed by atoms with Crippen LogP contribution in [0.5, 0.6) is 0 Å². The summed E-state index contributed by atoms with van der Waals surface area (Å²) in [6, 6.07) is 8.40. The molecule has 0 amide bonds. The Balaban J connectivity index is 1.84.